The molecule has 27 heavy (non-hydrogen) atoms. The second-order valence-electron chi connectivity index (χ2n) is 6.48. The lowest BCUT2D eigenvalue weighted by molar-refractivity contribution is 0.0925. The summed E-state index contributed by atoms with van der Waals surface area (Å²) in [6.07, 6.45) is 1.79. The van der Waals surface area contributed by atoms with E-state index in [1.165, 1.54) is 23.5 Å². The maximum Gasteiger partial charge on any atom is 0.251 e. The molecule has 3 rings (SSSR count). The molecular formula is C18H24ClN3O3S2. The molecule has 0 radical (unpaired) electrons. The number of hydrogen-bond donors (Lipinski definition) is 3. The summed E-state index contributed by atoms with van der Waals surface area (Å²) >= 11 is 1.50. The molecule has 2 atom stereocenters. The minimum absolute atomic E-state index is 0. The Morgan fingerprint density at radius 2 is 2.00 bits per heavy atom. The zero-order valence-corrected chi connectivity index (χ0v) is 17.4. The molecule has 6 nitrogen and oxygen atoms in total. The first-order valence-electron chi connectivity index (χ1n) is 8.60. The molecule has 2 heterocycles. The van der Waals surface area contributed by atoms with E-state index in [-0.39, 0.29) is 35.8 Å². The summed E-state index contributed by atoms with van der Waals surface area (Å²) in [5.41, 5.74) is 0.466. The van der Waals surface area contributed by atoms with Crippen LogP contribution >= 0.6 is 23.7 Å². The first-order chi connectivity index (χ1) is 12.4. The Kier molecular flexibility index (Phi) is 7.81. The number of halogens is 1. The number of carbonyl (C=O) groups is 1. The van der Waals surface area contributed by atoms with Crippen LogP contribution in [0.3, 0.4) is 0 Å². The van der Waals surface area contributed by atoms with Gasteiger partial charge in [0.2, 0.25) is 10.0 Å². The van der Waals surface area contributed by atoms with Gasteiger partial charge in [-0.1, -0.05) is 6.07 Å². The molecule has 0 spiro atoms. The molecule has 1 aromatic heterocycles. The van der Waals surface area contributed by atoms with E-state index in [1.54, 1.807) is 12.1 Å². The molecule has 0 bridgehead atoms. The molecular weight excluding hydrogens is 406 g/mol. The molecule has 9 heteroatoms. The molecule has 1 aliphatic heterocycles. The number of hydrogen-bond acceptors (Lipinski definition) is 5. The zero-order valence-electron chi connectivity index (χ0n) is 15.0. The van der Waals surface area contributed by atoms with Gasteiger partial charge in [-0.05, 0) is 62.0 Å². The van der Waals surface area contributed by atoms with E-state index >= 15 is 0 Å². The van der Waals surface area contributed by atoms with Gasteiger partial charge in [0.1, 0.15) is 0 Å². The van der Waals surface area contributed by atoms with Gasteiger partial charge >= 0.3 is 0 Å². The van der Waals surface area contributed by atoms with Crippen LogP contribution in [0.1, 0.15) is 35.0 Å². The topological polar surface area (TPSA) is 87.3 Å². The van der Waals surface area contributed by atoms with Crippen molar-refractivity contribution in [2.75, 3.05) is 6.54 Å². The van der Waals surface area contributed by atoms with Crippen molar-refractivity contribution in [2.24, 2.45) is 0 Å². The van der Waals surface area contributed by atoms with Crippen LogP contribution in [0.5, 0.6) is 0 Å². The van der Waals surface area contributed by atoms with E-state index in [9.17, 15) is 13.2 Å². The van der Waals surface area contributed by atoms with Crippen molar-refractivity contribution in [3.05, 3.63) is 52.2 Å². The quantitative estimate of drug-likeness (QED) is 0.658. The van der Waals surface area contributed by atoms with Crippen molar-refractivity contribution in [2.45, 2.75) is 43.3 Å². The van der Waals surface area contributed by atoms with Gasteiger partial charge in [0, 0.05) is 29.1 Å². The maximum absolute atomic E-state index is 12.4. The van der Waals surface area contributed by atoms with Gasteiger partial charge in [-0.3, -0.25) is 4.79 Å². The van der Waals surface area contributed by atoms with E-state index in [1.807, 2.05) is 17.5 Å². The van der Waals surface area contributed by atoms with Crippen molar-refractivity contribution in [3.63, 3.8) is 0 Å². The monoisotopic (exact) mass is 429 g/mol. The molecule has 1 fully saturated rings. The van der Waals surface area contributed by atoms with Crippen LogP contribution in [0.2, 0.25) is 0 Å². The van der Waals surface area contributed by atoms with Gasteiger partial charge < -0.3 is 10.6 Å². The number of sulfonamides is 1. The van der Waals surface area contributed by atoms with Crippen molar-refractivity contribution >= 4 is 39.7 Å². The van der Waals surface area contributed by atoms with Crippen LogP contribution in [-0.4, -0.2) is 33.0 Å². The van der Waals surface area contributed by atoms with E-state index in [0.29, 0.717) is 11.6 Å². The van der Waals surface area contributed by atoms with E-state index in [0.717, 1.165) is 24.3 Å². The molecule has 1 aromatic carbocycles. The van der Waals surface area contributed by atoms with Gasteiger partial charge in [-0.15, -0.1) is 23.7 Å². The third-order valence-electron chi connectivity index (χ3n) is 4.40. The van der Waals surface area contributed by atoms with Crippen LogP contribution in [0, 0.1) is 0 Å². The van der Waals surface area contributed by atoms with Gasteiger partial charge in [0.25, 0.3) is 5.91 Å². The number of rotatable bonds is 6. The van der Waals surface area contributed by atoms with E-state index < -0.39 is 10.0 Å². The predicted octanol–water partition coefficient (Wildman–Crippen LogP) is 2.52. The van der Waals surface area contributed by atoms with Gasteiger partial charge in [0.15, 0.2) is 0 Å². The Labute approximate surface area is 170 Å². The molecule has 2 unspecified atom stereocenters. The molecule has 1 saturated heterocycles. The van der Waals surface area contributed by atoms with Crippen molar-refractivity contribution < 1.29 is 13.2 Å². The number of benzene rings is 1. The van der Waals surface area contributed by atoms with Crippen molar-refractivity contribution in [1.82, 2.24) is 15.4 Å². The van der Waals surface area contributed by atoms with Crippen molar-refractivity contribution in [3.8, 4) is 0 Å². The summed E-state index contributed by atoms with van der Waals surface area (Å²) in [6.45, 7) is 3.25. The zero-order chi connectivity index (χ0) is 18.6. The Morgan fingerprint density at radius 3 is 2.63 bits per heavy atom. The summed E-state index contributed by atoms with van der Waals surface area (Å²) in [5, 5.41) is 8.27. The molecule has 0 aliphatic carbocycles. The lowest BCUT2D eigenvalue weighted by Crippen LogP contribution is -2.46. The molecule has 148 valence electrons. The maximum atomic E-state index is 12.4. The minimum atomic E-state index is -3.60. The number of amides is 1. The molecule has 3 N–H and O–H groups in total. The van der Waals surface area contributed by atoms with Gasteiger partial charge in [-0.2, -0.15) is 0 Å². The van der Waals surface area contributed by atoms with E-state index in [2.05, 4.69) is 22.3 Å². The van der Waals surface area contributed by atoms with Crippen molar-refractivity contribution in [1.29, 1.82) is 0 Å². The largest absolute Gasteiger partial charge is 0.349 e. The van der Waals surface area contributed by atoms with Crippen LogP contribution in [0.15, 0.2) is 46.7 Å². The van der Waals surface area contributed by atoms with Crippen LogP contribution < -0.4 is 15.4 Å². The first-order valence-corrected chi connectivity index (χ1v) is 11.0. The summed E-state index contributed by atoms with van der Waals surface area (Å²) in [5.74, 6) is -0.167. The fraction of sp³-hybridized carbons (Fsp3) is 0.389. The smallest absolute Gasteiger partial charge is 0.251 e. The average molecular weight is 430 g/mol. The third kappa shape index (κ3) is 6.02. The molecule has 1 amide bonds. The Morgan fingerprint density at radius 1 is 1.26 bits per heavy atom. The number of carbonyl (C=O) groups excluding carboxylic acids is 1. The Bertz CT molecular complexity index is 839. The second-order valence-corrected chi connectivity index (χ2v) is 9.28. The standard InChI is InChI=1S/C18H23N3O3S2.ClH/c1-13-11-15(8-9-19-13)21-18(22)14-4-6-17(7-5-14)26(23,24)20-12-16-3-2-10-25-16;/h2-7,10,13,15,19-20H,8-9,11-12H2,1H3,(H,21,22);1H. The highest BCUT2D eigenvalue weighted by Crippen LogP contribution is 2.14. The number of nitrogens with one attached hydrogen (secondary N) is 3. The third-order valence-corrected chi connectivity index (χ3v) is 6.70. The fourth-order valence-corrected chi connectivity index (χ4v) is 4.72. The number of thiophene rings is 1. The summed E-state index contributed by atoms with van der Waals surface area (Å²) < 4.78 is 27.3. The summed E-state index contributed by atoms with van der Waals surface area (Å²) in [7, 11) is -3.60. The average Bonchev–Trinajstić information content (AvgIpc) is 3.14. The van der Waals surface area contributed by atoms with Crippen LogP contribution in [0.25, 0.3) is 0 Å². The molecule has 0 saturated carbocycles. The van der Waals surface area contributed by atoms with Crippen LogP contribution in [0.4, 0.5) is 0 Å². The second kappa shape index (κ2) is 9.66. The normalized spacial score (nSPS) is 19.9. The lowest BCUT2D eigenvalue weighted by Gasteiger charge is -2.28. The fourth-order valence-electron chi connectivity index (χ4n) is 2.98. The summed E-state index contributed by atoms with van der Waals surface area (Å²) in [6, 6.07) is 10.3. The highest BCUT2D eigenvalue weighted by Gasteiger charge is 2.21. The SMILES string of the molecule is CC1CC(NC(=O)c2ccc(S(=O)(=O)NCc3cccs3)cc2)CCN1.Cl. The highest BCUT2D eigenvalue weighted by molar-refractivity contribution is 7.89. The first kappa shape index (κ1) is 21.8. The summed E-state index contributed by atoms with van der Waals surface area (Å²) in [4.78, 5) is 13.5. The Balaban J connectivity index is 0.00000261. The predicted molar refractivity (Wildman–Crippen MR) is 110 cm³/mol. The lowest BCUT2D eigenvalue weighted by atomic mass is 10.0. The van der Waals surface area contributed by atoms with Gasteiger partial charge in [0.05, 0.1) is 4.90 Å². The van der Waals surface area contributed by atoms with E-state index in [4.69, 9.17) is 0 Å². The van der Waals surface area contributed by atoms with Crippen LogP contribution in [-0.2, 0) is 16.6 Å². The van der Waals surface area contributed by atoms with Gasteiger partial charge in [-0.25, -0.2) is 13.1 Å². The highest BCUT2D eigenvalue weighted by atomic mass is 35.5. The Hall–Kier alpha value is -1.45. The molecule has 2 aromatic rings. The minimum Gasteiger partial charge on any atom is -0.349 e. The molecule has 1 aliphatic rings. The number of piperidine rings is 1.